The van der Waals surface area contributed by atoms with Gasteiger partial charge in [0.2, 0.25) is 0 Å². The zero-order valence-corrected chi connectivity index (χ0v) is 16.3. The molecular weight excluding hydrogens is 390 g/mol. The Morgan fingerprint density at radius 3 is 2.66 bits per heavy atom. The lowest BCUT2D eigenvalue weighted by atomic mass is 9.73. The zero-order valence-electron chi connectivity index (χ0n) is 16.3. The monoisotopic (exact) mass is 415 g/mol. The number of ether oxygens (including phenoxy) is 2. The normalized spacial score (nSPS) is 26.1. The van der Waals surface area contributed by atoms with Gasteiger partial charge >= 0.3 is 6.18 Å². The van der Waals surface area contributed by atoms with E-state index in [9.17, 15) is 17.6 Å². The Hall–Kier alpha value is -2.29. The van der Waals surface area contributed by atoms with E-state index in [4.69, 9.17) is 15.2 Å². The Labute approximate surface area is 167 Å². The van der Waals surface area contributed by atoms with Crippen LogP contribution in [0.1, 0.15) is 31.2 Å². The second-order valence-electron chi connectivity index (χ2n) is 7.44. The van der Waals surface area contributed by atoms with Gasteiger partial charge in [-0.25, -0.2) is 9.38 Å². The fourth-order valence-electron chi connectivity index (χ4n) is 3.40. The third-order valence-corrected chi connectivity index (χ3v) is 5.10. The molecule has 2 atom stereocenters. The molecule has 1 saturated heterocycles. The molecule has 29 heavy (non-hydrogen) atoms. The number of nitrogens with zero attached hydrogens (tertiary/aromatic N) is 2. The number of guanidine groups is 1. The van der Waals surface area contributed by atoms with E-state index in [-0.39, 0.29) is 29.8 Å². The molecule has 5 nitrogen and oxygen atoms in total. The lowest BCUT2D eigenvalue weighted by Crippen LogP contribution is -2.54. The average Bonchev–Trinajstić information content (AvgIpc) is 3.54. The fraction of sp³-hybridized carbons (Fsp3) is 0.550. The van der Waals surface area contributed by atoms with Gasteiger partial charge in [0, 0.05) is 30.8 Å². The van der Waals surface area contributed by atoms with Gasteiger partial charge in [-0.15, -0.1) is 0 Å². The van der Waals surface area contributed by atoms with Crippen molar-refractivity contribution in [3.8, 4) is 5.75 Å². The Balaban J connectivity index is 0.000000732. The lowest BCUT2D eigenvalue weighted by Gasteiger charge is -2.47. The van der Waals surface area contributed by atoms with Gasteiger partial charge in [-0.2, -0.15) is 13.2 Å². The highest BCUT2D eigenvalue weighted by Gasteiger charge is 2.50. The van der Waals surface area contributed by atoms with Crippen molar-refractivity contribution >= 4 is 5.96 Å². The van der Waals surface area contributed by atoms with Crippen molar-refractivity contribution in [2.75, 3.05) is 26.9 Å². The minimum Gasteiger partial charge on any atom is -0.484 e. The van der Waals surface area contributed by atoms with Gasteiger partial charge in [-0.3, -0.25) is 0 Å². The number of hydrogen-bond donors (Lipinski definition) is 1. The van der Waals surface area contributed by atoms with Crippen molar-refractivity contribution in [2.24, 2.45) is 16.6 Å². The Morgan fingerprint density at radius 2 is 2.03 bits per heavy atom. The van der Waals surface area contributed by atoms with Crippen molar-refractivity contribution < 1.29 is 27.0 Å². The molecule has 9 heteroatoms. The van der Waals surface area contributed by atoms with Crippen LogP contribution in [0.2, 0.25) is 0 Å². The molecule has 3 aliphatic rings. The van der Waals surface area contributed by atoms with Crippen molar-refractivity contribution in [3.05, 3.63) is 41.9 Å². The first-order chi connectivity index (χ1) is 13.6. The molecule has 0 spiro atoms. The molecule has 1 aromatic rings. The number of aliphatic imine (C=N–C) groups is 1. The summed E-state index contributed by atoms with van der Waals surface area (Å²) < 4.78 is 62.2. The van der Waals surface area contributed by atoms with Crippen molar-refractivity contribution in [3.63, 3.8) is 0 Å². The maximum Gasteiger partial charge on any atom is 0.422 e. The third kappa shape index (κ3) is 4.83. The van der Waals surface area contributed by atoms with E-state index in [1.807, 2.05) is 0 Å². The first-order valence-corrected chi connectivity index (χ1v) is 9.49. The molecular formula is C20H25F4N3O2. The largest absolute Gasteiger partial charge is 0.484 e. The van der Waals surface area contributed by atoms with Gasteiger partial charge in [0.15, 0.2) is 12.6 Å². The van der Waals surface area contributed by atoms with Crippen LogP contribution in [0.5, 0.6) is 5.75 Å². The van der Waals surface area contributed by atoms with Crippen LogP contribution in [-0.2, 0) is 10.3 Å². The van der Waals surface area contributed by atoms with Gasteiger partial charge < -0.3 is 20.1 Å². The van der Waals surface area contributed by atoms with Gasteiger partial charge in [-0.05, 0) is 24.6 Å². The molecule has 2 fully saturated rings. The van der Waals surface area contributed by atoms with Crippen molar-refractivity contribution in [1.82, 2.24) is 4.90 Å². The molecule has 1 saturated carbocycles. The standard InChI is InChI=1S/C17H19F4N3O2.C3H6/c1-10-12-5-6-25-8-16(12,23-15(22)24(10)2)13-7-11(3-4-14(13)18)26-9-17(19,20)21;1-2-3-1/h3-4,7,12H,1,5-6,8-9H2,2H3,(H2,22,23);1-3H2. The maximum absolute atomic E-state index is 14.7. The van der Waals surface area contributed by atoms with Crippen molar-refractivity contribution in [2.45, 2.75) is 37.4 Å². The molecule has 0 amide bonds. The first kappa shape index (κ1) is 21.4. The van der Waals surface area contributed by atoms with Crippen LogP contribution in [-0.4, -0.2) is 43.9 Å². The summed E-state index contributed by atoms with van der Waals surface area (Å²) >= 11 is 0. The summed E-state index contributed by atoms with van der Waals surface area (Å²) in [6.45, 7) is 3.05. The molecule has 1 aromatic carbocycles. The van der Waals surface area contributed by atoms with Crippen LogP contribution in [0.4, 0.5) is 17.6 Å². The maximum atomic E-state index is 14.7. The molecule has 2 N–H and O–H groups in total. The highest BCUT2D eigenvalue weighted by molar-refractivity contribution is 5.81. The molecule has 2 unspecified atom stereocenters. The minimum absolute atomic E-state index is 0.0465. The summed E-state index contributed by atoms with van der Waals surface area (Å²) in [5.41, 5.74) is 5.51. The predicted octanol–water partition coefficient (Wildman–Crippen LogP) is 3.94. The number of nitrogens with two attached hydrogens (primary N) is 1. The van der Waals surface area contributed by atoms with Gasteiger partial charge in [0.25, 0.3) is 0 Å². The van der Waals surface area contributed by atoms with Gasteiger partial charge in [0.1, 0.15) is 17.1 Å². The smallest absolute Gasteiger partial charge is 0.422 e. The summed E-state index contributed by atoms with van der Waals surface area (Å²) in [5, 5.41) is 0. The first-order valence-electron chi connectivity index (χ1n) is 9.49. The average molecular weight is 415 g/mol. The van der Waals surface area contributed by atoms with E-state index < -0.39 is 24.1 Å². The number of benzene rings is 1. The van der Waals surface area contributed by atoms with E-state index in [1.54, 1.807) is 11.9 Å². The van der Waals surface area contributed by atoms with E-state index in [0.29, 0.717) is 18.7 Å². The molecule has 0 aromatic heterocycles. The van der Waals surface area contributed by atoms with Crippen LogP contribution in [0.15, 0.2) is 35.5 Å². The molecule has 2 aliphatic heterocycles. The quantitative estimate of drug-likeness (QED) is 0.760. The zero-order chi connectivity index (χ0) is 21.2. The lowest BCUT2D eigenvalue weighted by molar-refractivity contribution is -0.153. The van der Waals surface area contributed by atoms with Crippen LogP contribution in [0, 0.1) is 11.7 Å². The summed E-state index contributed by atoms with van der Waals surface area (Å²) in [6.07, 6.45) is 0.542. The second-order valence-corrected chi connectivity index (χ2v) is 7.44. The number of fused-ring (bicyclic) bond motifs is 1. The molecule has 160 valence electrons. The highest BCUT2D eigenvalue weighted by atomic mass is 19.4. The number of rotatable bonds is 3. The second kappa shape index (κ2) is 8.22. The Kier molecular flexibility index (Phi) is 6.07. The number of alkyl halides is 3. The van der Waals surface area contributed by atoms with Gasteiger partial charge in [0.05, 0.1) is 6.61 Å². The highest BCUT2D eigenvalue weighted by Crippen LogP contribution is 2.47. The fourth-order valence-corrected chi connectivity index (χ4v) is 3.40. The van der Waals surface area contributed by atoms with Crippen molar-refractivity contribution in [1.29, 1.82) is 0 Å². The molecule has 4 rings (SSSR count). The van der Waals surface area contributed by atoms with E-state index in [0.717, 1.165) is 12.1 Å². The predicted molar refractivity (Wildman–Crippen MR) is 101 cm³/mol. The Morgan fingerprint density at radius 1 is 1.34 bits per heavy atom. The summed E-state index contributed by atoms with van der Waals surface area (Å²) in [6, 6.07) is 3.45. The van der Waals surface area contributed by atoms with E-state index >= 15 is 0 Å². The van der Waals surface area contributed by atoms with Gasteiger partial charge in [-0.1, -0.05) is 25.8 Å². The number of halogens is 4. The molecule has 1 aliphatic carbocycles. The topological polar surface area (TPSA) is 60.1 Å². The van der Waals surface area contributed by atoms with Crippen LogP contribution >= 0.6 is 0 Å². The van der Waals surface area contributed by atoms with Crippen LogP contribution in [0.3, 0.4) is 0 Å². The van der Waals surface area contributed by atoms with Crippen LogP contribution in [0.25, 0.3) is 0 Å². The summed E-state index contributed by atoms with van der Waals surface area (Å²) in [5.74, 6) is -0.872. The molecule has 0 radical (unpaired) electrons. The summed E-state index contributed by atoms with van der Waals surface area (Å²) in [4.78, 5) is 6.09. The van der Waals surface area contributed by atoms with E-state index in [1.165, 1.54) is 25.3 Å². The molecule has 2 heterocycles. The molecule has 0 bridgehead atoms. The Bertz CT molecular complexity index is 792. The summed E-state index contributed by atoms with van der Waals surface area (Å²) in [7, 11) is 1.71. The van der Waals surface area contributed by atoms with E-state index in [2.05, 4.69) is 11.6 Å². The third-order valence-electron chi connectivity index (χ3n) is 5.10. The minimum atomic E-state index is -4.49. The number of hydrogen-bond acceptors (Lipinski definition) is 5. The SMILES string of the molecule is C1CC1.C=C1C2CCOCC2(c2cc(OCC(F)(F)F)ccc2F)N=C(N)N1C. The van der Waals surface area contributed by atoms with Crippen LogP contribution < -0.4 is 10.5 Å².